The predicted octanol–water partition coefficient (Wildman–Crippen LogP) is 4.41. The largest absolute Gasteiger partial charge is 0.309 e. The van der Waals surface area contributed by atoms with Gasteiger partial charge in [0.2, 0.25) is 0 Å². The Morgan fingerprint density at radius 3 is 2.12 bits per heavy atom. The SMILES string of the molecule is CC(C)C.CCC(=O)Cn1cc(CNC(C)C)nn1.Cc1ccccc1. The first kappa shape index (κ1) is 24.0. The summed E-state index contributed by atoms with van der Waals surface area (Å²) in [6.45, 7) is 15.6. The van der Waals surface area contributed by atoms with E-state index in [1.165, 1.54) is 5.56 Å². The van der Waals surface area contributed by atoms with Gasteiger partial charge in [0, 0.05) is 19.0 Å². The minimum Gasteiger partial charge on any atom is -0.309 e. The van der Waals surface area contributed by atoms with Crippen LogP contribution in [0, 0.1) is 12.8 Å². The maximum atomic E-state index is 11.2. The molecule has 1 N–H and O–H groups in total. The maximum Gasteiger partial charge on any atom is 0.154 e. The molecule has 5 nitrogen and oxygen atoms in total. The Kier molecular flexibility index (Phi) is 13.1. The van der Waals surface area contributed by atoms with Crippen LogP contribution in [0.5, 0.6) is 0 Å². The van der Waals surface area contributed by atoms with E-state index in [1.54, 1.807) is 4.68 Å². The fraction of sp³-hybridized carbons (Fsp3) is 0.571. The molecule has 0 radical (unpaired) electrons. The number of benzene rings is 1. The third-order valence-electron chi connectivity index (χ3n) is 2.95. The van der Waals surface area contributed by atoms with Crippen molar-refractivity contribution in [3.8, 4) is 0 Å². The molecule has 0 spiro atoms. The first-order valence-electron chi connectivity index (χ1n) is 9.40. The summed E-state index contributed by atoms with van der Waals surface area (Å²) < 4.78 is 1.59. The van der Waals surface area contributed by atoms with Crippen LogP contribution in [-0.4, -0.2) is 26.8 Å². The van der Waals surface area contributed by atoms with Crippen LogP contribution in [0.1, 0.15) is 59.2 Å². The number of rotatable bonds is 6. The molecule has 2 aromatic rings. The highest BCUT2D eigenvalue weighted by Crippen LogP contribution is 1.95. The molecule has 0 saturated heterocycles. The van der Waals surface area contributed by atoms with Crippen molar-refractivity contribution in [2.75, 3.05) is 0 Å². The summed E-state index contributed by atoms with van der Waals surface area (Å²) in [4.78, 5) is 11.2. The second-order valence-electron chi connectivity index (χ2n) is 7.22. The standard InChI is InChI=1S/C10H18N4O.C7H8.C4H10/c1-4-10(15)7-14-6-9(12-13-14)5-11-8(2)3;1-7-5-3-2-4-6-7;1-4(2)3/h6,8,11H,4-5,7H2,1-3H3;2-6H,1H3;4H,1-3H3. The van der Waals surface area contributed by atoms with Crippen LogP contribution in [0.2, 0.25) is 0 Å². The van der Waals surface area contributed by atoms with Gasteiger partial charge < -0.3 is 5.32 Å². The lowest BCUT2D eigenvalue weighted by Crippen LogP contribution is -2.21. The summed E-state index contributed by atoms with van der Waals surface area (Å²) in [5, 5.41) is 11.1. The van der Waals surface area contributed by atoms with Crippen LogP contribution < -0.4 is 5.32 Å². The molecule has 1 heterocycles. The molecule has 0 saturated carbocycles. The first-order chi connectivity index (χ1) is 12.2. The van der Waals surface area contributed by atoms with Crippen LogP contribution >= 0.6 is 0 Å². The van der Waals surface area contributed by atoms with E-state index in [4.69, 9.17) is 0 Å². The molecule has 2 rings (SSSR count). The fourth-order valence-corrected chi connectivity index (χ4v) is 1.63. The molecule has 5 heteroatoms. The van der Waals surface area contributed by atoms with Gasteiger partial charge in [-0.3, -0.25) is 4.79 Å². The Bertz CT molecular complexity index is 588. The molecule has 0 aliphatic heterocycles. The maximum absolute atomic E-state index is 11.2. The molecule has 0 amide bonds. The van der Waals surface area contributed by atoms with Crippen LogP contribution in [0.25, 0.3) is 0 Å². The van der Waals surface area contributed by atoms with E-state index in [-0.39, 0.29) is 5.78 Å². The summed E-state index contributed by atoms with van der Waals surface area (Å²) >= 11 is 0. The first-order valence-corrected chi connectivity index (χ1v) is 9.40. The van der Waals surface area contributed by atoms with Gasteiger partial charge in [0.15, 0.2) is 5.78 Å². The van der Waals surface area contributed by atoms with Crippen molar-refractivity contribution < 1.29 is 4.79 Å². The van der Waals surface area contributed by atoms with Crippen molar-refractivity contribution in [1.82, 2.24) is 20.3 Å². The Balaban J connectivity index is 0.000000467. The Morgan fingerprint density at radius 2 is 1.69 bits per heavy atom. The molecular formula is C21H36N4O. The molecule has 0 fully saturated rings. The normalized spacial score (nSPS) is 10.0. The second-order valence-corrected chi connectivity index (χ2v) is 7.22. The van der Waals surface area contributed by atoms with Crippen molar-refractivity contribution in [3.05, 3.63) is 47.8 Å². The zero-order valence-corrected chi connectivity index (χ0v) is 17.5. The molecule has 146 valence electrons. The molecule has 0 aliphatic carbocycles. The number of nitrogens with zero attached hydrogens (tertiary/aromatic N) is 3. The highest BCUT2D eigenvalue weighted by Gasteiger charge is 2.04. The molecule has 0 atom stereocenters. The summed E-state index contributed by atoms with van der Waals surface area (Å²) in [5.74, 6) is 1.00. The number of hydrogen-bond donors (Lipinski definition) is 1. The number of Topliss-reactive ketones (excluding diaryl/α,β-unsaturated/α-hetero) is 1. The lowest BCUT2D eigenvalue weighted by atomic mass is 10.2. The Labute approximate surface area is 159 Å². The van der Waals surface area contributed by atoms with Crippen molar-refractivity contribution in [3.63, 3.8) is 0 Å². The topological polar surface area (TPSA) is 59.8 Å². The number of hydrogen-bond acceptors (Lipinski definition) is 4. The monoisotopic (exact) mass is 360 g/mol. The molecule has 0 bridgehead atoms. The average Bonchev–Trinajstić information content (AvgIpc) is 3.01. The molecular weight excluding hydrogens is 324 g/mol. The Hall–Kier alpha value is -2.01. The smallest absolute Gasteiger partial charge is 0.154 e. The van der Waals surface area contributed by atoms with Gasteiger partial charge in [-0.2, -0.15) is 0 Å². The van der Waals surface area contributed by atoms with E-state index in [2.05, 4.69) is 69.3 Å². The van der Waals surface area contributed by atoms with Gasteiger partial charge in [-0.1, -0.05) is 82.7 Å². The zero-order valence-electron chi connectivity index (χ0n) is 17.5. The van der Waals surface area contributed by atoms with E-state index < -0.39 is 0 Å². The van der Waals surface area contributed by atoms with Gasteiger partial charge in [0.1, 0.15) is 6.54 Å². The number of aryl methyl sites for hydroxylation is 1. The van der Waals surface area contributed by atoms with Gasteiger partial charge in [0.25, 0.3) is 0 Å². The molecule has 26 heavy (non-hydrogen) atoms. The number of nitrogens with one attached hydrogen (secondary N) is 1. The van der Waals surface area contributed by atoms with Crippen LogP contribution in [0.4, 0.5) is 0 Å². The molecule has 0 unspecified atom stereocenters. The Morgan fingerprint density at radius 1 is 1.12 bits per heavy atom. The van der Waals surface area contributed by atoms with E-state index in [1.807, 2.05) is 31.3 Å². The third kappa shape index (κ3) is 14.3. The number of ketones is 1. The van der Waals surface area contributed by atoms with E-state index in [9.17, 15) is 4.79 Å². The lowest BCUT2D eigenvalue weighted by Gasteiger charge is -2.04. The zero-order chi connectivity index (χ0) is 19.9. The van der Waals surface area contributed by atoms with Gasteiger partial charge in [0.05, 0.1) is 11.9 Å². The van der Waals surface area contributed by atoms with E-state index >= 15 is 0 Å². The lowest BCUT2D eigenvalue weighted by molar-refractivity contribution is -0.119. The summed E-state index contributed by atoms with van der Waals surface area (Å²) in [7, 11) is 0. The van der Waals surface area contributed by atoms with Crippen LogP contribution in [-0.2, 0) is 17.9 Å². The number of aromatic nitrogens is 3. The quantitative estimate of drug-likeness (QED) is 0.829. The fourth-order valence-electron chi connectivity index (χ4n) is 1.63. The minimum absolute atomic E-state index is 0.170. The third-order valence-corrected chi connectivity index (χ3v) is 2.95. The van der Waals surface area contributed by atoms with Crippen molar-refractivity contribution in [2.24, 2.45) is 5.92 Å². The van der Waals surface area contributed by atoms with E-state index in [0.717, 1.165) is 11.6 Å². The summed E-state index contributed by atoms with van der Waals surface area (Å²) in [5.41, 5.74) is 2.19. The molecule has 0 aliphatic rings. The highest BCUT2D eigenvalue weighted by molar-refractivity contribution is 5.77. The number of carbonyl (C=O) groups is 1. The predicted molar refractivity (Wildman–Crippen MR) is 109 cm³/mol. The van der Waals surface area contributed by atoms with Crippen molar-refractivity contribution >= 4 is 5.78 Å². The summed E-state index contributed by atoms with van der Waals surface area (Å²) in [6, 6.07) is 10.7. The van der Waals surface area contributed by atoms with Gasteiger partial charge in [-0.15, -0.1) is 5.10 Å². The van der Waals surface area contributed by atoms with Crippen LogP contribution in [0.3, 0.4) is 0 Å². The van der Waals surface area contributed by atoms with Crippen molar-refractivity contribution in [2.45, 2.75) is 74.0 Å². The van der Waals surface area contributed by atoms with Gasteiger partial charge >= 0.3 is 0 Å². The van der Waals surface area contributed by atoms with E-state index in [0.29, 0.717) is 25.6 Å². The second kappa shape index (κ2) is 14.2. The summed E-state index contributed by atoms with van der Waals surface area (Å²) in [6.07, 6.45) is 2.35. The minimum atomic E-state index is 0.170. The highest BCUT2D eigenvalue weighted by atomic mass is 16.1. The van der Waals surface area contributed by atoms with Gasteiger partial charge in [-0.05, 0) is 12.8 Å². The molecule has 1 aromatic heterocycles. The molecule has 1 aromatic carbocycles. The van der Waals surface area contributed by atoms with Gasteiger partial charge in [-0.25, -0.2) is 4.68 Å². The number of carbonyl (C=O) groups excluding carboxylic acids is 1. The van der Waals surface area contributed by atoms with Crippen molar-refractivity contribution in [1.29, 1.82) is 0 Å². The van der Waals surface area contributed by atoms with Crippen LogP contribution in [0.15, 0.2) is 36.5 Å². The average molecular weight is 361 g/mol.